The zero-order valence-electron chi connectivity index (χ0n) is 13.1. The molecule has 2 heterocycles. The number of aromatic nitrogens is 4. The van der Waals surface area contributed by atoms with Crippen molar-refractivity contribution in [1.29, 1.82) is 5.26 Å². The average Bonchev–Trinajstić information content (AvgIpc) is 2.62. The summed E-state index contributed by atoms with van der Waals surface area (Å²) in [7, 11) is 2.97. The standard InChI is InChI=1S/C16H13N5O2S/c1-20-13-11(15(22)21(2)16(20)23)14(24-9-8-17)19-12(18-13)10-6-4-3-5-7-10/h3-7H,9H2,1-2H3. The molecule has 0 radical (unpaired) electrons. The van der Waals surface area contributed by atoms with E-state index < -0.39 is 11.2 Å². The van der Waals surface area contributed by atoms with E-state index in [1.165, 1.54) is 11.6 Å². The molecule has 0 N–H and O–H groups in total. The molecular weight excluding hydrogens is 326 g/mol. The van der Waals surface area contributed by atoms with Crippen molar-refractivity contribution < 1.29 is 0 Å². The van der Waals surface area contributed by atoms with Crippen LogP contribution in [0.25, 0.3) is 22.4 Å². The van der Waals surface area contributed by atoms with Crippen molar-refractivity contribution in [3.63, 3.8) is 0 Å². The summed E-state index contributed by atoms with van der Waals surface area (Å²) in [6.45, 7) is 0. The van der Waals surface area contributed by atoms with E-state index in [1.54, 1.807) is 7.05 Å². The first-order chi connectivity index (χ1) is 11.5. The van der Waals surface area contributed by atoms with Crippen molar-refractivity contribution in [2.75, 3.05) is 5.75 Å². The van der Waals surface area contributed by atoms with Crippen LogP contribution in [0.4, 0.5) is 0 Å². The molecule has 0 aliphatic carbocycles. The van der Waals surface area contributed by atoms with Crippen molar-refractivity contribution in [1.82, 2.24) is 19.1 Å². The van der Waals surface area contributed by atoms with Crippen molar-refractivity contribution in [3.05, 3.63) is 51.2 Å². The molecule has 3 rings (SSSR count). The largest absolute Gasteiger partial charge is 0.332 e. The van der Waals surface area contributed by atoms with Gasteiger partial charge in [0.15, 0.2) is 11.5 Å². The molecule has 7 nitrogen and oxygen atoms in total. The fourth-order valence-electron chi connectivity index (χ4n) is 2.35. The van der Waals surface area contributed by atoms with E-state index in [4.69, 9.17) is 5.26 Å². The molecule has 0 fully saturated rings. The van der Waals surface area contributed by atoms with Gasteiger partial charge in [-0.1, -0.05) is 42.1 Å². The van der Waals surface area contributed by atoms with Crippen LogP contribution in [0, 0.1) is 11.3 Å². The third kappa shape index (κ3) is 2.59. The predicted octanol–water partition coefficient (Wildman–Crippen LogP) is 1.31. The van der Waals surface area contributed by atoms with Crippen molar-refractivity contribution >= 4 is 22.8 Å². The van der Waals surface area contributed by atoms with E-state index in [-0.39, 0.29) is 16.8 Å². The molecule has 8 heteroatoms. The maximum absolute atomic E-state index is 12.5. The Morgan fingerprint density at radius 1 is 1.12 bits per heavy atom. The molecular formula is C16H13N5O2S. The molecule has 0 saturated heterocycles. The summed E-state index contributed by atoms with van der Waals surface area (Å²) in [5.41, 5.74) is 0.110. The highest BCUT2D eigenvalue weighted by Crippen LogP contribution is 2.25. The Morgan fingerprint density at radius 3 is 2.50 bits per heavy atom. The number of nitrogens with zero attached hydrogens (tertiary/aromatic N) is 5. The van der Waals surface area contributed by atoms with E-state index in [2.05, 4.69) is 9.97 Å². The molecule has 1 aromatic carbocycles. The van der Waals surface area contributed by atoms with E-state index >= 15 is 0 Å². The molecule has 0 bridgehead atoms. The maximum atomic E-state index is 12.5. The number of rotatable bonds is 3. The second-order valence-corrected chi connectivity index (χ2v) is 6.03. The third-order valence-electron chi connectivity index (χ3n) is 3.57. The average molecular weight is 339 g/mol. The molecule has 0 aliphatic rings. The minimum absolute atomic E-state index is 0.145. The molecule has 3 aromatic rings. The monoisotopic (exact) mass is 339 g/mol. The van der Waals surface area contributed by atoms with Crippen molar-refractivity contribution in [2.24, 2.45) is 14.1 Å². The number of hydrogen-bond acceptors (Lipinski definition) is 6. The predicted molar refractivity (Wildman–Crippen MR) is 91.8 cm³/mol. The van der Waals surface area contributed by atoms with Gasteiger partial charge in [-0.15, -0.1) is 0 Å². The number of aryl methyl sites for hydroxylation is 1. The lowest BCUT2D eigenvalue weighted by Gasteiger charge is -2.11. The van der Waals surface area contributed by atoms with E-state index in [0.717, 1.165) is 21.9 Å². The molecule has 0 unspecified atom stereocenters. The highest BCUT2D eigenvalue weighted by atomic mass is 32.2. The van der Waals surface area contributed by atoms with Crippen LogP contribution in [0.15, 0.2) is 44.9 Å². The number of fused-ring (bicyclic) bond motifs is 1. The fraction of sp³-hybridized carbons (Fsp3) is 0.188. The van der Waals surface area contributed by atoms with Crippen LogP contribution < -0.4 is 11.2 Å². The number of benzene rings is 1. The van der Waals surface area contributed by atoms with Gasteiger partial charge in [-0.25, -0.2) is 14.8 Å². The highest BCUT2D eigenvalue weighted by Gasteiger charge is 2.17. The Bertz CT molecular complexity index is 1080. The van der Waals surface area contributed by atoms with E-state index in [9.17, 15) is 9.59 Å². The molecule has 120 valence electrons. The van der Waals surface area contributed by atoms with Crippen LogP contribution in [-0.2, 0) is 14.1 Å². The summed E-state index contributed by atoms with van der Waals surface area (Å²) in [5, 5.41) is 9.51. The summed E-state index contributed by atoms with van der Waals surface area (Å²) in [6, 6.07) is 11.3. The van der Waals surface area contributed by atoms with Crippen molar-refractivity contribution in [2.45, 2.75) is 5.03 Å². The summed E-state index contributed by atoms with van der Waals surface area (Å²) < 4.78 is 2.34. The number of hydrogen-bond donors (Lipinski definition) is 0. The Kier molecular flexibility index (Phi) is 4.18. The van der Waals surface area contributed by atoms with Gasteiger partial charge in [0.05, 0.1) is 11.8 Å². The van der Waals surface area contributed by atoms with Crippen LogP contribution in [0.3, 0.4) is 0 Å². The van der Waals surface area contributed by atoms with E-state index in [1.807, 2.05) is 36.4 Å². The van der Waals surface area contributed by atoms with Gasteiger partial charge < -0.3 is 0 Å². The molecule has 0 spiro atoms. The van der Waals surface area contributed by atoms with Gasteiger partial charge in [-0.2, -0.15) is 5.26 Å². The van der Waals surface area contributed by atoms with Crippen LogP contribution in [0.2, 0.25) is 0 Å². The van der Waals surface area contributed by atoms with Gasteiger partial charge in [0.1, 0.15) is 10.4 Å². The Morgan fingerprint density at radius 2 is 1.83 bits per heavy atom. The van der Waals surface area contributed by atoms with E-state index in [0.29, 0.717) is 10.9 Å². The second-order valence-electron chi connectivity index (χ2n) is 5.07. The normalized spacial score (nSPS) is 10.7. The lowest BCUT2D eigenvalue weighted by Crippen LogP contribution is -2.37. The first-order valence-corrected chi connectivity index (χ1v) is 8.06. The van der Waals surface area contributed by atoms with Gasteiger partial charge in [0, 0.05) is 19.7 Å². The highest BCUT2D eigenvalue weighted by molar-refractivity contribution is 7.99. The van der Waals surface area contributed by atoms with Gasteiger partial charge >= 0.3 is 5.69 Å². The van der Waals surface area contributed by atoms with Gasteiger partial charge in [-0.3, -0.25) is 13.9 Å². The SMILES string of the molecule is Cn1c(=O)c2c(SCC#N)nc(-c3ccccc3)nc2n(C)c1=O. The van der Waals surface area contributed by atoms with Crippen LogP contribution >= 0.6 is 11.8 Å². The fourth-order valence-corrected chi connectivity index (χ4v) is 3.03. The zero-order chi connectivity index (χ0) is 17.3. The van der Waals surface area contributed by atoms with Gasteiger partial charge in [-0.05, 0) is 0 Å². The summed E-state index contributed by atoms with van der Waals surface area (Å²) in [4.78, 5) is 33.6. The second kappa shape index (κ2) is 6.29. The molecule has 0 atom stereocenters. The number of thioether (sulfide) groups is 1. The Labute approximate surface area is 141 Å². The number of nitriles is 1. The zero-order valence-corrected chi connectivity index (χ0v) is 13.9. The van der Waals surface area contributed by atoms with Gasteiger partial charge in [0.2, 0.25) is 0 Å². The summed E-state index contributed by atoms with van der Waals surface area (Å²) >= 11 is 1.16. The Balaban J connectivity index is 2.42. The summed E-state index contributed by atoms with van der Waals surface area (Å²) in [6.07, 6.45) is 0. The molecule has 0 aliphatic heterocycles. The van der Waals surface area contributed by atoms with Crippen LogP contribution in [0.1, 0.15) is 0 Å². The molecule has 0 saturated carbocycles. The van der Waals surface area contributed by atoms with Crippen molar-refractivity contribution in [3.8, 4) is 17.5 Å². The first kappa shape index (κ1) is 16.0. The lowest BCUT2D eigenvalue weighted by molar-refractivity contribution is 0.703. The first-order valence-electron chi connectivity index (χ1n) is 7.07. The molecule has 24 heavy (non-hydrogen) atoms. The maximum Gasteiger partial charge on any atom is 0.332 e. The third-order valence-corrected chi connectivity index (χ3v) is 4.41. The quantitative estimate of drug-likeness (QED) is 0.527. The van der Waals surface area contributed by atoms with Crippen LogP contribution in [-0.4, -0.2) is 24.9 Å². The van der Waals surface area contributed by atoms with Crippen LogP contribution in [0.5, 0.6) is 0 Å². The molecule has 0 amide bonds. The minimum Gasteiger partial charge on any atom is -0.280 e. The Hall–Kier alpha value is -2.92. The molecule has 2 aromatic heterocycles. The minimum atomic E-state index is -0.465. The summed E-state index contributed by atoms with van der Waals surface area (Å²) in [5.74, 6) is 0.554. The topological polar surface area (TPSA) is 93.6 Å². The smallest absolute Gasteiger partial charge is 0.280 e. The lowest BCUT2D eigenvalue weighted by atomic mass is 10.2. The van der Waals surface area contributed by atoms with Gasteiger partial charge in [0.25, 0.3) is 5.56 Å².